The normalized spacial score (nSPS) is 13.2. The van der Waals surface area contributed by atoms with E-state index in [1.807, 2.05) is 13.8 Å². The maximum absolute atomic E-state index is 13.4. The predicted octanol–water partition coefficient (Wildman–Crippen LogP) is 2.63. The second-order valence-corrected chi connectivity index (χ2v) is 5.62. The minimum Gasteiger partial charge on any atom is -0.393 e. The zero-order valence-electron chi connectivity index (χ0n) is 11.6. The van der Waals surface area contributed by atoms with Crippen LogP contribution in [0.25, 0.3) is 0 Å². The molecule has 0 fully saturated rings. The van der Waals surface area contributed by atoms with Crippen LogP contribution < -0.4 is 5.32 Å². The van der Waals surface area contributed by atoms with Gasteiger partial charge in [0.05, 0.1) is 11.7 Å². The molecule has 0 radical (unpaired) electrons. The van der Waals surface area contributed by atoms with Crippen molar-refractivity contribution in [2.75, 3.05) is 6.54 Å². The van der Waals surface area contributed by atoms with Crippen LogP contribution in [0.1, 0.15) is 37.6 Å². The number of amides is 1. The molecule has 112 valence electrons. The molecule has 0 heterocycles. The van der Waals surface area contributed by atoms with Crippen LogP contribution in [-0.4, -0.2) is 23.7 Å². The molecule has 0 aliphatic carbocycles. The summed E-state index contributed by atoms with van der Waals surface area (Å²) in [6, 6.07) is 1.60. The Morgan fingerprint density at radius 3 is 2.45 bits per heavy atom. The Balaban J connectivity index is 2.76. The van der Waals surface area contributed by atoms with E-state index in [9.17, 15) is 23.1 Å². The monoisotopic (exact) mass is 289 g/mol. The van der Waals surface area contributed by atoms with Crippen molar-refractivity contribution in [1.29, 1.82) is 0 Å². The molecule has 0 aromatic heterocycles. The first-order valence-electron chi connectivity index (χ1n) is 6.24. The molecule has 6 heteroatoms. The van der Waals surface area contributed by atoms with Gasteiger partial charge in [0.1, 0.15) is 0 Å². The number of halogens is 3. The highest BCUT2D eigenvalue weighted by atomic mass is 19.2. The standard InChI is InChI=1S/C14H18F3NO2/c1-8(19)6-14(2,3)7-18-13(20)9-4-5-10(15)12(17)11(9)16/h4-5,8,19H,6-7H2,1-3H3,(H,18,20). The zero-order valence-corrected chi connectivity index (χ0v) is 11.6. The van der Waals surface area contributed by atoms with Gasteiger partial charge in [-0.05, 0) is 30.9 Å². The lowest BCUT2D eigenvalue weighted by Gasteiger charge is -2.26. The molecule has 0 saturated carbocycles. The SMILES string of the molecule is CC(O)CC(C)(C)CNC(=O)c1ccc(F)c(F)c1F. The average Bonchev–Trinajstić information content (AvgIpc) is 2.32. The van der Waals surface area contributed by atoms with Crippen molar-refractivity contribution in [2.24, 2.45) is 5.41 Å². The summed E-state index contributed by atoms with van der Waals surface area (Å²) in [6.07, 6.45) is -0.102. The van der Waals surface area contributed by atoms with Crippen LogP contribution in [0.4, 0.5) is 13.2 Å². The van der Waals surface area contributed by atoms with Gasteiger partial charge in [-0.3, -0.25) is 4.79 Å². The molecule has 0 spiro atoms. The Labute approximate surface area is 115 Å². The van der Waals surface area contributed by atoms with Gasteiger partial charge >= 0.3 is 0 Å². The third-order valence-electron chi connectivity index (χ3n) is 2.86. The Hall–Kier alpha value is -1.56. The molecular weight excluding hydrogens is 271 g/mol. The first-order valence-corrected chi connectivity index (χ1v) is 6.24. The van der Waals surface area contributed by atoms with E-state index in [0.717, 1.165) is 6.07 Å². The van der Waals surface area contributed by atoms with Crippen molar-refractivity contribution in [3.63, 3.8) is 0 Å². The highest BCUT2D eigenvalue weighted by Gasteiger charge is 2.23. The number of nitrogens with one attached hydrogen (secondary N) is 1. The van der Waals surface area contributed by atoms with Gasteiger partial charge in [-0.1, -0.05) is 13.8 Å². The number of carbonyl (C=O) groups excluding carboxylic acids is 1. The maximum Gasteiger partial charge on any atom is 0.254 e. The summed E-state index contributed by atoms with van der Waals surface area (Å²) in [5, 5.41) is 11.8. The van der Waals surface area contributed by atoms with Crippen LogP contribution in [0.5, 0.6) is 0 Å². The molecule has 1 aromatic carbocycles. The number of benzene rings is 1. The van der Waals surface area contributed by atoms with Crippen molar-refractivity contribution in [3.05, 3.63) is 35.1 Å². The lowest BCUT2D eigenvalue weighted by molar-refractivity contribution is 0.0897. The maximum atomic E-state index is 13.4. The molecule has 3 nitrogen and oxygen atoms in total. The highest BCUT2D eigenvalue weighted by Crippen LogP contribution is 2.21. The first kappa shape index (κ1) is 16.5. The van der Waals surface area contributed by atoms with Crippen LogP contribution in [0, 0.1) is 22.9 Å². The fourth-order valence-corrected chi connectivity index (χ4v) is 1.99. The topological polar surface area (TPSA) is 49.3 Å². The molecule has 20 heavy (non-hydrogen) atoms. The van der Waals surface area contributed by atoms with E-state index >= 15 is 0 Å². The quantitative estimate of drug-likeness (QED) is 0.819. The molecule has 1 atom stereocenters. The van der Waals surface area contributed by atoms with Crippen LogP contribution in [-0.2, 0) is 0 Å². The average molecular weight is 289 g/mol. The molecule has 2 N–H and O–H groups in total. The van der Waals surface area contributed by atoms with Gasteiger partial charge in [-0.25, -0.2) is 13.2 Å². The number of rotatable bonds is 5. The molecule has 1 aromatic rings. The predicted molar refractivity (Wildman–Crippen MR) is 68.7 cm³/mol. The Morgan fingerprint density at radius 2 is 1.90 bits per heavy atom. The zero-order chi connectivity index (χ0) is 15.5. The van der Waals surface area contributed by atoms with Crippen LogP contribution >= 0.6 is 0 Å². The van der Waals surface area contributed by atoms with E-state index in [1.54, 1.807) is 6.92 Å². The number of aliphatic hydroxyl groups is 1. The van der Waals surface area contributed by atoms with Gasteiger partial charge in [-0.15, -0.1) is 0 Å². The number of hydrogen-bond donors (Lipinski definition) is 2. The molecule has 0 aliphatic rings. The third-order valence-corrected chi connectivity index (χ3v) is 2.86. The van der Waals surface area contributed by atoms with Crippen LogP contribution in [0.3, 0.4) is 0 Å². The molecule has 1 rings (SSSR count). The summed E-state index contributed by atoms with van der Waals surface area (Å²) in [7, 11) is 0. The fraction of sp³-hybridized carbons (Fsp3) is 0.500. The molecule has 0 aliphatic heterocycles. The van der Waals surface area contributed by atoms with Crippen molar-refractivity contribution in [3.8, 4) is 0 Å². The molecule has 0 saturated heterocycles. The smallest absolute Gasteiger partial charge is 0.254 e. The van der Waals surface area contributed by atoms with Crippen molar-refractivity contribution in [1.82, 2.24) is 5.32 Å². The number of carbonyl (C=O) groups is 1. The van der Waals surface area contributed by atoms with Crippen LogP contribution in [0.15, 0.2) is 12.1 Å². The van der Waals surface area contributed by atoms with E-state index in [-0.39, 0.29) is 6.54 Å². The van der Waals surface area contributed by atoms with Crippen molar-refractivity contribution >= 4 is 5.91 Å². The molecule has 1 unspecified atom stereocenters. The minimum atomic E-state index is -1.67. The highest BCUT2D eigenvalue weighted by molar-refractivity contribution is 5.94. The van der Waals surface area contributed by atoms with Gasteiger partial charge < -0.3 is 10.4 Å². The first-order chi connectivity index (χ1) is 9.14. The summed E-state index contributed by atoms with van der Waals surface area (Å²) in [4.78, 5) is 11.8. The summed E-state index contributed by atoms with van der Waals surface area (Å²) in [5.41, 5.74) is -0.949. The summed E-state index contributed by atoms with van der Waals surface area (Å²) in [6.45, 7) is 5.44. The van der Waals surface area contributed by atoms with E-state index in [0.29, 0.717) is 12.5 Å². The van der Waals surface area contributed by atoms with E-state index in [1.165, 1.54) is 0 Å². The second kappa shape index (κ2) is 6.26. The lowest BCUT2D eigenvalue weighted by Crippen LogP contribution is -2.36. The Morgan fingerprint density at radius 1 is 1.30 bits per heavy atom. The second-order valence-electron chi connectivity index (χ2n) is 5.62. The molecule has 0 bridgehead atoms. The van der Waals surface area contributed by atoms with Gasteiger partial charge in [0.2, 0.25) is 0 Å². The molecular formula is C14H18F3NO2. The minimum absolute atomic E-state index is 0.176. The molecule has 1 amide bonds. The Kier molecular flexibility index (Phi) is 5.16. The lowest BCUT2D eigenvalue weighted by atomic mass is 9.87. The van der Waals surface area contributed by atoms with Gasteiger partial charge in [0.25, 0.3) is 5.91 Å². The van der Waals surface area contributed by atoms with Gasteiger partial charge in [0.15, 0.2) is 17.5 Å². The van der Waals surface area contributed by atoms with Crippen LogP contribution in [0.2, 0.25) is 0 Å². The number of aliphatic hydroxyl groups excluding tert-OH is 1. The van der Waals surface area contributed by atoms with E-state index in [2.05, 4.69) is 5.32 Å². The third kappa shape index (κ3) is 4.23. The van der Waals surface area contributed by atoms with Gasteiger partial charge in [0, 0.05) is 6.54 Å². The van der Waals surface area contributed by atoms with Gasteiger partial charge in [-0.2, -0.15) is 0 Å². The van der Waals surface area contributed by atoms with Crippen molar-refractivity contribution in [2.45, 2.75) is 33.3 Å². The van der Waals surface area contributed by atoms with E-state index in [4.69, 9.17) is 0 Å². The summed E-state index contributed by atoms with van der Waals surface area (Å²) in [5.74, 6) is -5.33. The fourth-order valence-electron chi connectivity index (χ4n) is 1.99. The summed E-state index contributed by atoms with van der Waals surface area (Å²) < 4.78 is 39.2. The summed E-state index contributed by atoms with van der Waals surface area (Å²) >= 11 is 0. The number of hydrogen-bond acceptors (Lipinski definition) is 2. The van der Waals surface area contributed by atoms with Crippen molar-refractivity contribution < 1.29 is 23.1 Å². The largest absolute Gasteiger partial charge is 0.393 e. The van der Waals surface area contributed by atoms with E-state index < -0.39 is 40.4 Å². The Bertz CT molecular complexity index is 501.